The number of carbonyl (C=O) groups excluding carboxylic acids is 1. The lowest BCUT2D eigenvalue weighted by atomic mass is 9.94. The first-order chi connectivity index (χ1) is 17.7. The van der Waals surface area contributed by atoms with E-state index in [0.29, 0.717) is 28.6 Å². The first kappa shape index (κ1) is 25.2. The highest BCUT2D eigenvalue weighted by atomic mass is 32.2. The number of rotatable bonds is 9. The first-order valence-corrected chi connectivity index (χ1v) is 13.6. The molecule has 1 saturated carbocycles. The van der Waals surface area contributed by atoms with Crippen LogP contribution in [0.25, 0.3) is 11.3 Å². The molecule has 37 heavy (non-hydrogen) atoms. The van der Waals surface area contributed by atoms with Gasteiger partial charge in [0, 0.05) is 11.6 Å². The smallest absolute Gasteiger partial charge is 0.240 e. The molecule has 3 N–H and O–H groups in total. The molecule has 0 saturated heterocycles. The fourth-order valence-electron chi connectivity index (χ4n) is 4.32. The zero-order chi connectivity index (χ0) is 26.2. The van der Waals surface area contributed by atoms with Gasteiger partial charge in [0.15, 0.2) is 11.5 Å². The Morgan fingerprint density at radius 2 is 1.78 bits per heavy atom. The minimum Gasteiger partial charge on any atom is -0.454 e. The van der Waals surface area contributed by atoms with Crippen LogP contribution < -0.4 is 19.5 Å². The summed E-state index contributed by atoms with van der Waals surface area (Å²) in [5.41, 5.74) is 1.56. The van der Waals surface area contributed by atoms with E-state index >= 15 is 0 Å². The van der Waals surface area contributed by atoms with Gasteiger partial charge in [-0.2, -0.15) is 0 Å². The SMILES string of the molecule is CC(C)[C@@H](CO)NS(=O)(=O)c1ccc(-c2cccc(NC(=O)C3(c4ccc5c(c4)OCO5)CC3)n2)cc1. The van der Waals surface area contributed by atoms with Crippen LogP contribution in [0.2, 0.25) is 0 Å². The predicted octanol–water partition coefficient (Wildman–Crippen LogP) is 3.44. The van der Waals surface area contributed by atoms with Gasteiger partial charge in [0.25, 0.3) is 0 Å². The van der Waals surface area contributed by atoms with Gasteiger partial charge in [0.2, 0.25) is 22.7 Å². The quantitative estimate of drug-likeness (QED) is 0.392. The highest BCUT2D eigenvalue weighted by Crippen LogP contribution is 2.51. The lowest BCUT2D eigenvalue weighted by Gasteiger charge is -2.20. The number of aromatic nitrogens is 1. The summed E-state index contributed by atoms with van der Waals surface area (Å²) in [4.78, 5) is 17.9. The summed E-state index contributed by atoms with van der Waals surface area (Å²) < 4.78 is 38.8. The Labute approximate surface area is 215 Å². The lowest BCUT2D eigenvalue weighted by molar-refractivity contribution is -0.118. The summed E-state index contributed by atoms with van der Waals surface area (Å²) in [5, 5.41) is 12.4. The molecule has 194 valence electrons. The molecule has 2 aromatic carbocycles. The normalized spacial score (nSPS) is 16.4. The van der Waals surface area contributed by atoms with E-state index in [1.54, 1.807) is 30.3 Å². The van der Waals surface area contributed by atoms with Crippen LogP contribution >= 0.6 is 0 Å². The molecule has 1 aliphatic heterocycles. The number of hydrogen-bond acceptors (Lipinski definition) is 7. The summed E-state index contributed by atoms with van der Waals surface area (Å²) in [6.45, 7) is 3.57. The van der Waals surface area contributed by atoms with Gasteiger partial charge in [-0.3, -0.25) is 4.79 Å². The van der Waals surface area contributed by atoms with E-state index in [0.717, 1.165) is 18.4 Å². The van der Waals surface area contributed by atoms with Crippen LogP contribution in [-0.4, -0.2) is 43.9 Å². The van der Waals surface area contributed by atoms with Crippen molar-refractivity contribution in [3.63, 3.8) is 0 Å². The van der Waals surface area contributed by atoms with E-state index in [4.69, 9.17) is 9.47 Å². The Bertz CT molecular complexity index is 1420. The number of nitrogens with one attached hydrogen (secondary N) is 2. The number of amides is 1. The minimum atomic E-state index is -3.78. The molecule has 2 heterocycles. The third-order valence-corrected chi connectivity index (χ3v) is 8.37. The molecule has 10 heteroatoms. The molecular formula is C27H29N3O6S. The number of hydrogen-bond donors (Lipinski definition) is 3. The van der Waals surface area contributed by atoms with Gasteiger partial charge < -0.3 is 19.9 Å². The Morgan fingerprint density at radius 1 is 1.05 bits per heavy atom. The molecule has 3 aromatic rings. The van der Waals surface area contributed by atoms with Gasteiger partial charge in [0.1, 0.15) is 5.82 Å². The molecule has 1 aliphatic carbocycles. The summed E-state index contributed by atoms with van der Waals surface area (Å²) >= 11 is 0. The second-order valence-electron chi connectivity index (χ2n) is 9.69. The fourth-order valence-corrected chi connectivity index (χ4v) is 5.70. The monoisotopic (exact) mass is 523 g/mol. The molecule has 9 nitrogen and oxygen atoms in total. The number of benzene rings is 2. The molecule has 1 aromatic heterocycles. The van der Waals surface area contributed by atoms with Crippen molar-refractivity contribution in [2.24, 2.45) is 5.92 Å². The second-order valence-corrected chi connectivity index (χ2v) is 11.4. The van der Waals surface area contributed by atoms with Gasteiger partial charge in [-0.05, 0) is 60.7 Å². The number of ether oxygens (including phenoxy) is 2. The number of aliphatic hydroxyl groups excluding tert-OH is 1. The third kappa shape index (κ3) is 5.04. The summed E-state index contributed by atoms with van der Waals surface area (Å²) in [5.74, 6) is 1.55. The van der Waals surface area contributed by atoms with E-state index in [9.17, 15) is 18.3 Å². The Kier molecular flexibility index (Phi) is 6.65. The Hall–Kier alpha value is -3.47. The maximum atomic E-state index is 13.2. The number of fused-ring (bicyclic) bond motifs is 1. The number of aliphatic hydroxyl groups is 1. The summed E-state index contributed by atoms with van der Waals surface area (Å²) in [6, 6.07) is 16.7. The predicted molar refractivity (Wildman–Crippen MR) is 138 cm³/mol. The van der Waals surface area contributed by atoms with Crippen molar-refractivity contribution in [1.82, 2.24) is 9.71 Å². The average molecular weight is 524 g/mol. The minimum absolute atomic E-state index is 0.0546. The molecule has 1 amide bonds. The summed E-state index contributed by atoms with van der Waals surface area (Å²) in [6.07, 6.45) is 1.46. The van der Waals surface area contributed by atoms with Crippen molar-refractivity contribution in [3.05, 3.63) is 66.2 Å². The average Bonchev–Trinajstić information content (AvgIpc) is 3.58. The largest absolute Gasteiger partial charge is 0.454 e. The zero-order valence-corrected chi connectivity index (χ0v) is 21.4. The zero-order valence-electron chi connectivity index (χ0n) is 20.6. The van der Waals surface area contributed by atoms with E-state index in [2.05, 4.69) is 15.0 Å². The van der Waals surface area contributed by atoms with E-state index in [-0.39, 0.29) is 30.1 Å². The highest BCUT2D eigenvalue weighted by molar-refractivity contribution is 7.89. The van der Waals surface area contributed by atoms with E-state index in [1.807, 2.05) is 32.0 Å². The lowest BCUT2D eigenvalue weighted by Crippen LogP contribution is -2.41. The maximum Gasteiger partial charge on any atom is 0.240 e. The Balaban J connectivity index is 1.31. The van der Waals surface area contributed by atoms with Crippen molar-refractivity contribution in [3.8, 4) is 22.8 Å². The van der Waals surface area contributed by atoms with Gasteiger partial charge >= 0.3 is 0 Å². The van der Waals surface area contributed by atoms with E-state index in [1.165, 1.54) is 12.1 Å². The number of carbonyl (C=O) groups is 1. The van der Waals surface area contributed by atoms with Crippen LogP contribution in [0.1, 0.15) is 32.3 Å². The molecule has 5 rings (SSSR count). The van der Waals surface area contributed by atoms with Gasteiger partial charge in [0.05, 0.1) is 22.6 Å². The molecule has 0 unspecified atom stereocenters. The molecule has 0 bridgehead atoms. The van der Waals surface area contributed by atoms with Gasteiger partial charge in [-0.1, -0.05) is 38.1 Å². The molecule has 1 fully saturated rings. The van der Waals surface area contributed by atoms with Crippen LogP contribution in [0.4, 0.5) is 5.82 Å². The van der Waals surface area contributed by atoms with Crippen LogP contribution in [0.3, 0.4) is 0 Å². The molecule has 1 atom stereocenters. The Morgan fingerprint density at radius 3 is 2.46 bits per heavy atom. The molecule has 0 spiro atoms. The summed E-state index contributed by atoms with van der Waals surface area (Å²) in [7, 11) is -3.78. The topological polar surface area (TPSA) is 127 Å². The van der Waals surface area contributed by atoms with Gasteiger partial charge in [-0.25, -0.2) is 18.1 Å². The number of sulfonamides is 1. The van der Waals surface area contributed by atoms with Crippen LogP contribution in [0.5, 0.6) is 11.5 Å². The molecular weight excluding hydrogens is 494 g/mol. The van der Waals surface area contributed by atoms with E-state index < -0.39 is 21.5 Å². The number of nitrogens with zero attached hydrogens (tertiary/aromatic N) is 1. The van der Waals surface area contributed by atoms with Crippen LogP contribution in [-0.2, 0) is 20.2 Å². The van der Waals surface area contributed by atoms with Crippen LogP contribution in [0.15, 0.2) is 65.6 Å². The number of pyridine rings is 1. The highest BCUT2D eigenvalue weighted by Gasteiger charge is 2.51. The van der Waals surface area contributed by atoms with Crippen molar-refractivity contribution in [2.75, 3.05) is 18.7 Å². The number of anilines is 1. The maximum absolute atomic E-state index is 13.2. The van der Waals surface area contributed by atoms with Crippen molar-refractivity contribution in [1.29, 1.82) is 0 Å². The van der Waals surface area contributed by atoms with Crippen molar-refractivity contribution >= 4 is 21.7 Å². The molecule has 2 aliphatic rings. The second kappa shape index (κ2) is 9.77. The standard InChI is InChI=1S/C27H29N3O6S/c1-17(2)22(15-31)30-37(33,34)20-9-6-18(7-10-20)21-4-3-5-25(28-21)29-26(32)27(12-13-27)19-8-11-23-24(14-19)36-16-35-23/h3-11,14,17,22,30-31H,12-13,15-16H2,1-2H3,(H,28,29,32)/t22-/m1/s1. The van der Waals surface area contributed by atoms with Gasteiger partial charge in [-0.15, -0.1) is 0 Å². The molecule has 0 radical (unpaired) electrons. The van der Waals surface area contributed by atoms with Crippen molar-refractivity contribution in [2.45, 2.75) is 43.0 Å². The van der Waals surface area contributed by atoms with Crippen molar-refractivity contribution < 1.29 is 27.8 Å². The first-order valence-electron chi connectivity index (χ1n) is 12.1. The fraction of sp³-hybridized carbons (Fsp3) is 0.333. The third-order valence-electron chi connectivity index (χ3n) is 6.87. The van der Waals surface area contributed by atoms with Crippen LogP contribution in [0, 0.1) is 5.92 Å².